The van der Waals surface area contributed by atoms with Gasteiger partial charge in [-0.15, -0.1) is 6.42 Å². The summed E-state index contributed by atoms with van der Waals surface area (Å²) >= 11 is 0. The number of terminal acetylenes is 1. The predicted molar refractivity (Wildman–Crippen MR) is 91.7 cm³/mol. The third-order valence-electron chi connectivity index (χ3n) is 3.70. The molecule has 7 heteroatoms. The Bertz CT molecular complexity index is 831. The topological polar surface area (TPSA) is 71.5 Å². The maximum absolute atomic E-state index is 12.5. The van der Waals surface area contributed by atoms with Crippen LogP contribution in [0.1, 0.15) is 17.5 Å². The number of nitrogens with zero attached hydrogens (tertiary/aromatic N) is 1. The van der Waals surface area contributed by atoms with E-state index in [1.165, 1.54) is 6.08 Å². The highest BCUT2D eigenvalue weighted by Gasteiger charge is 2.36. The van der Waals surface area contributed by atoms with Crippen molar-refractivity contribution in [3.05, 3.63) is 40.8 Å². The van der Waals surface area contributed by atoms with Gasteiger partial charge < -0.3 is 0 Å². The Hall–Kier alpha value is -1.62. The molecule has 0 amide bonds. The fourth-order valence-electron chi connectivity index (χ4n) is 2.44. The maximum Gasteiger partial charge on any atom is 0.237 e. The fourth-order valence-corrected chi connectivity index (χ4v) is 5.60. The van der Waals surface area contributed by atoms with Gasteiger partial charge >= 0.3 is 0 Å². The highest BCUT2D eigenvalue weighted by atomic mass is 32.2. The molecule has 1 fully saturated rings. The van der Waals surface area contributed by atoms with E-state index in [9.17, 15) is 16.8 Å². The molecule has 5 nitrogen and oxygen atoms in total. The molecule has 1 atom stereocenters. The van der Waals surface area contributed by atoms with Crippen LogP contribution in [-0.4, -0.2) is 45.2 Å². The molecule has 1 unspecified atom stereocenters. The molecule has 0 radical (unpaired) electrons. The minimum Gasteiger partial charge on any atom is -0.229 e. The second-order valence-electron chi connectivity index (χ2n) is 5.56. The molecule has 1 aliphatic heterocycles. The summed E-state index contributed by atoms with van der Waals surface area (Å²) in [5.74, 6) is 2.12. The molecule has 124 valence electrons. The summed E-state index contributed by atoms with van der Waals surface area (Å²) in [6.07, 6.45) is 7.02. The summed E-state index contributed by atoms with van der Waals surface area (Å²) in [6, 6.07) is 6.80. The largest absolute Gasteiger partial charge is 0.237 e. The van der Waals surface area contributed by atoms with E-state index in [4.69, 9.17) is 6.42 Å². The smallest absolute Gasteiger partial charge is 0.229 e. The van der Waals surface area contributed by atoms with Crippen molar-refractivity contribution in [2.45, 2.75) is 19.4 Å². The lowest BCUT2D eigenvalue weighted by atomic mass is 10.2. The van der Waals surface area contributed by atoms with Crippen molar-refractivity contribution in [1.82, 2.24) is 4.31 Å². The average Bonchev–Trinajstić information content (AvgIpc) is 2.84. The van der Waals surface area contributed by atoms with Gasteiger partial charge in [0.05, 0.1) is 18.1 Å². The minimum absolute atomic E-state index is 0.00403. The van der Waals surface area contributed by atoms with Crippen LogP contribution < -0.4 is 0 Å². The Morgan fingerprint density at radius 3 is 2.52 bits per heavy atom. The number of aryl methyl sites for hydroxylation is 1. The van der Waals surface area contributed by atoms with Crippen molar-refractivity contribution in [3.8, 4) is 12.3 Å². The molecule has 2 rings (SSSR count). The van der Waals surface area contributed by atoms with E-state index >= 15 is 0 Å². The predicted octanol–water partition coefficient (Wildman–Crippen LogP) is 1.42. The Kier molecular flexibility index (Phi) is 5.30. The first-order valence-corrected chi connectivity index (χ1v) is 10.5. The van der Waals surface area contributed by atoms with Crippen LogP contribution in [0.3, 0.4) is 0 Å². The first-order valence-electron chi connectivity index (χ1n) is 7.14. The summed E-state index contributed by atoms with van der Waals surface area (Å²) in [5, 5.41) is 1.08. The van der Waals surface area contributed by atoms with Crippen molar-refractivity contribution in [2.75, 3.05) is 18.1 Å². The van der Waals surface area contributed by atoms with Gasteiger partial charge in [-0.1, -0.05) is 35.7 Å². The molecule has 1 aromatic carbocycles. The van der Waals surface area contributed by atoms with Crippen molar-refractivity contribution in [1.29, 1.82) is 0 Å². The SMILES string of the molecule is C#CCN(C1CCS(=O)(=O)C1)S(=O)(=O)/C=C/c1ccc(C)cc1. The van der Waals surface area contributed by atoms with Crippen molar-refractivity contribution in [3.63, 3.8) is 0 Å². The third kappa shape index (κ3) is 4.67. The second kappa shape index (κ2) is 6.87. The zero-order valence-corrected chi connectivity index (χ0v) is 14.5. The summed E-state index contributed by atoms with van der Waals surface area (Å²) in [6.45, 7) is 1.81. The van der Waals surface area contributed by atoms with Crippen molar-refractivity contribution >= 4 is 25.9 Å². The summed E-state index contributed by atoms with van der Waals surface area (Å²) in [7, 11) is -6.97. The second-order valence-corrected chi connectivity index (χ2v) is 9.56. The lowest BCUT2D eigenvalue weighted by molar-refractivity contribution is 0.376. The van der Waals surface area contributed by atoms with Crippen LogP contribution in [-0.2, 0) is 19.9 Å². The number of rotatable bonds is 5. The van der Waals surface area contributed by atoms with Crippen LogP contribution in [0, 0.1) is 19.3 Å². The third-order valence-corrected chi connectivity index (χ3v) is 7.01. The number of hydrogen-bond acceptors (Lipinski definition) is 4. The van der Waals surface area contributed by atoms with E-state index in [-0.39, 0.29) is 24.5 Å². The minimum atomic E-state index is -3.78. The summed E-state index contributed by atoms with van der Waals surface area (Å²) in [5.41, 5.74) is 1.83. The number of hydrogen-bond donors (Lipinski definition) is 0. The zero-order chi connectivity index (χ0) is 17.1. The molecule has 1 heterocycles. The van der Waals surface area contributed by atoms with Gasteiger partial charge in [0.15, 0.2) is 9.84 Å². The normalized spacial score (nSPS) is 20.8. The van der Waals surface area contributed by atoms with E-state index in [2.05, 4.69) is 5.92 Å². The monoisotopic (exact) mass is 353 g/mol. The Balaban J connectivity index is 2.23. The van der Waals surface area contributed by atoms with Gasteiger partial charge in [-0.25, -0.2) is 16.8 Å². The van der Waals surface area contributed by atoms with Gasteiger partial charge in [0.25, 0.3) is 0 Å². The van der Waals surface area contributed by atoms with E-state index in [0.717, 1.165) is 20.8 Å². The molecule has 0 aromatic heterocycles. The molecule has 0 saturated carbocycles. The Labute approximate surface area is 138 Å². The molecule has 1 aromatic rings. The quantitative estimate of drug-likeness (QED) is 0.751. The van der Waals surface area contributed by atoms with Gasteiger partial charge in [-0.2, -0.15) is 4.31 Å². The lowest BCUT2D eigenvalue weighted by Gasteiger charge is -2.23. The number of benzene rings is 1. The molecular weight excluding hydrogens is 334 g/mol. The van der Waals surface area contributed by atoms with Crippen molar-refractivity contribution < 1.29 is 16.8 Å². The standard InChI is InChI=1S/C16H19NO4S2/c1-3-10-17(16-9-11-22(18,19)13-16)23(20,21)12-8-15-6-4-14(2)5-7-15/h1,4-8,12,16H,9-11,13H2,2H3/b12-8+. The van der Waals surface area contributed by atoms with Gasteiger partial charge in [0.1, 0.15) is 0 Å². The molecule has 23 heavy (non-hydrogen) atoms. The highest BCUT2D eigenvalue weighted by Crippen LogP contribution is 2.21. The Morgan fingerprint density at radius 1 is 1.35 bits per heavy atom. The van der Waals surface area contributed by atoms with E-state index < -0.39 is 25.9 Å². The summed E-state index contributed by atoms with van der Waals surface area (Å²) in [4.78, 5) is 0. The molecule has 1 saturated heterocycles. The fraction of sp³-hybridized carbons (Fsp3) is 0.375. The van der Waals surface area contributed by atoms with Gasteiger partial charge in [0, 0.05) is 11.4 Å². The van der Waals surface area contributed by atoms with Gasteiger partial charge in [-0.05, 0) is 25.0 Å². The van der Waals surface area contributed by atoms with E-state index in [1.54, 1.807) is 0 Å². The molecule has 0 aliphatic carbocycles. The molecule has 0 N–H and O–H groups in total. The van der Waals surface area contributed by atoms with Crippen molar-refractivity contribution in [2.24, 2.45) is 0 Å². The molecular formula is C16H19NO4S2. The van der Waals surface area contributed by atoms with E-state index in [0.29, 0.717) is 0 Å². The van der Waals surface area contributed by atoms with Crippen LogP contribution in [0.2, 0.25) is 0 Å². The zero-order valence-electron chi connectivity index (χ0n) is 12.8. The lowest BCUT2D eigenvalue weighted by Crippen LogP contribution is -2.40. The van der Waals surface area contributed by atoms with Crippen LogP contribution in [0.4, 0.5) is 0 Å². The van der Waals surface area contributed by atoms with Crippen LogP contribution in [0.25, 0.3) is 6.08 Å². The maximum atomic E-state index is 12.5. The van der Waals surface area contributed by atoms with Gasteiger partial charge in [-0.3, -0.25) is 0 Å². The Morgan fingerprint density at radius 2 is 2.00 bits per heavy atom. The number of sulfonamides is 1. The molecule has 0 bridgehead atoms. The van der Waals surface area contributed by atoms with Crippen LogP contribution in [0.15, 0.2) is 29.7 Å². The van der Waals surface area contributed by atoms with Gasteiger partial charge in [0.2, 0.25) is 10.0 Å². The highest BCUT2D eigenvalue weighted by molar-refractivity contribution is 7.93. The summed E-state index contributed by atoms with van der Waals surface area (Å²) < 4.78 is 49.3. The average molecular weight is 353 g/mol. The van der Waals surface area contributed by atoms with Crippen LogP contribution >= 0.6 is 0 Å². The van der Waals surface area contributed by atoms with Crippen LogP contribution in [0.5, 0.6) is 0 Å². The molecule has 1 aliphatic rings. The first-order chi connectivity index (χ1) is 10.7. The van der Waals surface area contributed by atoms with E-state index in [1.807, 2.05) is 31.2 Å². The molecule has 0 spiro atoms. The number of sulfone groups is 1. The first kappa shape index (κ1) is 17.7.